The topological polar surface area (TPSA) is 75.6 Å². The van der Waals surface area contributed by atoms with E-state index in [0.717, 1.165) is 18.6 Å². The molecule has 0 saturated carbocycles. The largest absolute Gasteiger partial charge is 0.548 e. The number of carbonyl (C=O) groups excluding carboxylic acids is 1. The minimum Gasteiger partial charge on any atom is -0.548 e. The number of hydrogen-bond donors (Lipinski definition) is 2. The van der Waals surface area contributed by atoms with Crippen molar-refractivity contribution in [3.05, 3.63) is 47.2 Å². The van der Waals surface area contributed by atoms with E-state index in [1.165, 1.54) is 12.1 Å². The third kappa shape index (κ3) is 4.96. The molecule has 0 saturated heterocycles. The number of hydrogen-bond acceptors (Lipinski definition) is 3. The summed E-state index contributed by atoms with van der Waals surface area (Å²) in [6.45, 7) is 6.43. The van der Waals surface area contributed by atoms with E-state index in [9.17, 15) is 9.59 Å². The first-order valence-corrected chi connectivity index (χ1v) is 11.2. The Morgan fingerprint density at radius 2 is 1.87 bits per heavy atom. The van der Waals surface area contributed by atoms with Gasteiger partial charge in [-0.3, -0.25) is 4.79 Å². The van der Waals surface area contributed by atoms with E-state index in [4.69, 9.17) is 9.53 Å². The molecule has 6 heteroatoms. The summed E-state index contributed by atoms with van der Waals surface area (Å²) in [6.07, 6.45) is 4.35. The lowest BCUT2D eigenvalue weighted by Crippen LogP contribution is -2.37. The van der Waals surface area contributed by atoms with E-state index < -0.39 is 14.3 Å². The Labute approximate surface area is 137 Å². The molecule has 1 atom stereocenters. The third-order valence-electron chi connectivity index (χ3n) is 3.54. The van der Waals surface area contributed by atoms with Gasteiger partial charge >= 0.3 is 5.97 Å². The first-order chi connectivity index (χ1) is 10.8. The molecule has 1 aliphatic carbocycles. The first kappa shape index (κ1) is 17.3. The molecule has 1 aliphatic rings. The minimum absolute atomic E-state index is 0.0123. The Kier molecular flexibility index (Phi) is 5.25. The highest BCUT2D eigenvalue weighted by atomic mass is 28.4. The van der Waals surface area contributed by atoms with E-state index in [-0.39, 0.29) is 23.1 Å². The van der Waals surface area contributed by atoms with Crippen molar-refractivity contribution >= 4 is 20.2 Å². The highest BCUT2D eigenvalue weighted by Crippen LogP contribution is 2.23. The van der Waals surface area contributed by atoms with Gasteiger partial charge in [-0.1, -0.05) is 12.1 Å². The number of carboxylic acid groups (broad SMARTS) is 1. The summed E-state index contributed by atoms with van der Waals surface area (Å²) in [6, 6.07) is 6.28. The number of amides is 1. The van der Waals surface area contributed by atoms with Gasteiger partial charge in [0.25, 0.3) is 5.91 Å². The van der Waals surface area contributed by atoms with Crippen LogP contribution in [0.15, 0.2) is 36.1 Å². The maximum absolute atomic E-state index is 12.3. The molecular formula is C17H23NO4Si. The van der Waals surface area contributed by atoms with Crippen LogP contribution in [-0.2, 0) is 4.43 Å². The molecule has 2 N–H and O–H groups in total. The second-order valence-electron chi connectivity index (χ2n) is 6.68. The van der Waals surface area contributed by atoms with E-state index in [2.05, 4.69) is 25.0 Å². The summed E-state index contributed by atoms with van der Waals surface area (Å²) in [7, 11) is -1.59. The SMILES string of the molecule is C[Si](C)(C)OC1=CCC(NC(=O)c2ccccc2C(=O)O)CC1. The van der Waals surface area contributed by atoms with Gasteiger partial charge in [0.05, 0.1) is 16.9 Å². The molecule has 0 fully saturated rings. The van der Waals surface area contributed by atoms with Crippen LogP contribution in [0, 0.1) is 0 Å². The van der Waals surface area contributed by atoms with Gasteiger partial charge in [0.1, 0.15) is 0 Å². The molecule has 1 unspecified atom stereocenters. The molecule has 2 rings (SSSR count). The molecule has 0 aliphatic heterocycles. The number of benzene rings is 1. The van der Waals surface area contributed by atoms with Gasteiger partial charge in [-0.2, -0.15) is 0 Å². The first-order valence-electron chi connectivity index (χ1n) is 7.77. The van der Waals surface area contributed by atoms with Gasteiger partial charge in [-0.15, -0.1) is 0 Å². The van der Waals surface area contributed by atoms with Crippen LogP contribution in [0.4, 0.5) is 0 Å². The number of nitrogens with one attached hydrogen (secondary N) is 1. The van der Waals surface area contributed by atoms with E-state index in [1.54, 1.807) is 12.1 Å². The van der Waals surface area contributed by atoms with Crippen molar-refractivity contribution in [1.29, 1.82) is 0 Å². The Bertz CT molecular complexity index is 634. The van der Waals surface area contributed by atoms with Crippen molar-refractivity contribution in [2.24, 2.45) is 0 Å². The molecule has 1 amide bonds. The maximum Gasteiger partial charge on any atom is 0.336 e. The number of aromatic carboxylic acids is 1. The fourth-order valence-corrected chi connectivity index (χ4v) is 3.53. The Balaban J connectivity index is 1.99. The molecular weight excluding hydrogens is 310 g/mol. The highest BCUT2D eigenvalue weighted by molar-refractivity contribution is 6.70. The summed E-state index contributed by atoms with van der Waals surface area (Å²) in [5, 5.41) is 12.1. The monoisotopic (exact) mass is 333 g/mol. The zero-order valence-corrected chi connectivity index (χ0v) is 14.8. The molecule has 5 nitrogen and oxygen atoms in total. The van der Waals surface area contributed by atoms with Crippen LogP contribution in [0.1, 0.15) is 40.0 Å². The number of carbonyl (C=O) groups is 2. The second kappa shape index (κ2) is 7.00. The van der Waals surface area contributed by atoms with Gasteiger partial charge in [0.15, 0.2) is 0 Å². The van der Waals surface area contributed by atoms with Crippen molar-refractivity contribution in [2.45, 2.75) is 44.9 Å². The lowest BCUT2D eigenvalue weighted by molar-refractivity contribution is 0.0690. The van der Waals surface area contributed by atoms with E-state index in [0.29, 0.717) is 6.42 Å². The van der Waals surface area contributed by atoms with E-state index in [1.807, 2.05) is 6.08 Å². The van der Waals surface area contributed by atoms with Crippen LogP contribution in [0.5, 0.6) is 0 Å². The number of carboxylic acids is 1. The van der Waals surface area contributed by atoms with Crippen molar-refractivity contribution in [1.82, 2.24) is 5.32 Å². The van der Waals surface area contributed by atoms with Gasteiger partial charge in [0.2, 0.25) is 8.32 Å². The van der Waals surface area contributed by atoms with Crippen molar-refractivity contribution in [2.75, 3.05) is 0 Å². The van der Waals surface area contributed by atoms with Crippen LogP contribution in [0.2, 0.25) is 19.6 Å². The van der Waals surface area contributed by atoms with Gasteiger partial charge in [-0.05, 0) is 50.7 Å². The molecule has 124 valence electrons. The third-order valence-corrected chi connectivity index (χ3v) is 4.42. The van der Waals surface area contributed by atoms with Crippen LogP contribution < -0.4 is 5.32 Å². The Morgan fingerprint density at radius 3 is 2.39 bits per heavy atom. The van der Waals surface area contributed by atoms with Crippen LogP contribution in [0.25, 0.3) is 0 Å². The molecule has 0 radical (unpaired) electrons. The van der Waals surface area contributed by atoms with Crippen LogP contribution in [-0.4, -0.2) is 31.3 Å². The molecule has 23 heavy (non-hydrogen) atoms. The molecule has 0 heterocycles. The average molecular weight is 333 g/mol. The maximum atomic E-state index is 12.3. The fourth-order valence-electron chi connectivity index (χ4n) is 2.56. The predicted octanol–water partition coefficient (Wildman–Crippen LogP) is 3.40. The van der Waals surface area contributed by atoms with Gasteiger partial charge in [0, 0.05) is 12.5 Å². The molecule has 0 bridgehead atoms. The Hall–Kier alpha value is -2.08. The smallest absolute Gasteiger partial charge is 0.336 e. The lowest BCUT2D eigenvalue weighted by Gasteiger charge is -2.28. The molecule has 1 aromatic carbocycles. The second-order valence-corrected chi connectivity index (χ2v) is 11.1. The van der Waals surface area contributed by atoms with Crippen molar-refractivity contribution < 1.29 is 19.1 Å². The number of allylic oxidation sites excluding steroid dienone is 1. The van der Waals surface area contributed by atoms with Gasteiger partial charge < -0.3 is 14.8 Å². The predicted molar refractivity (Wildman–Crippen MR) is 91.0 cm³/mol. The number of rotatable bonds is 5. The van der Waals surface area contributed by atoms with Crippen molar-refractivity contribution in [3.8, 4) is 0 Å². The molecule has 0 spiro atoms. The summed E-state index contributed by atoms with van der Waals surface area (Å²) in [5.74, 6) is -0.415. The zero-order chi connectivity index (χ0) is 17.0. The summed E-state index contributed by atoms with van der Waals surface area (Å²) in [5.41, 5.74) is 0.229. The summed E-state index contributed by atoms with van der Waals surface area (Å²) in [4.78, 5) is 23.5. The highest BCUT2D eigenvalue weighted by Gasteiger charge is 2.23. The Morgan fingerprint density at radius 1 is 1.22 bits per heavy atom. The summed E-state index contributed by atoms with van der Waals surface area (Å²) >= 11 is 0. The van der Waals surface area contributed by atoms with Crippen molar-refractivity contribution in [3.63, 3.8) is 0 Å². The quantitative estimate of drug-likeness (QED) is 0.810. The summed E-state index contributed by atoms with van der Waals surface area (Å²) < 4.78 is 5.98. The van der Waals surface area contributed by atoms with E-state index >= 15 is 0 Å². The minimum atomic E-state index is -1.59. The molecule has 1 aromatic rings. The standard InChI is InChI=1S/C17H23NO4Si/c1-23(2,3)22-13-10-8-12(9-11-13)18-16(19)14-6-4-5-7-15(14)17(20)21/h4-7,10,12H,8-9,11H2,1-3H3,(H,18,19)(H,20,21). The average Bonchev–Trinajstić information content (AvgIpc) is 2.47. The molecule has 0 aromatic heterocycles. The van der Waals surface area contributed by atoms with Crippen LogP contribution in [0.3, 0.4) is 0 Å². The normalized spacial score (nSPS) is 18.0. The fraction of sp³-hybridized carbons (Fsp3) is 0.412. The lowest BCUT2D eigenvalue weighted by atomic mass is 9.99. The van der Waals surface area contributed by atoms with Gasteiger partial charge in [-0.25, -0.2) is 4.79 Å². The zero-order valence-electron chi connectivity index (χ0n) is 13.8. The van der Waals surface area contributed by atoms with Crippen LogP contribution >= 0.6 is 0 Å².